The van der Waals surface area contributed by atoms with Crippen LogP contribution in [0.4, 0.5) is 0 Å². The summed E-state index contributed by atoms with van der Waals surface area (Å²) in [7, 11) is 4.92. The zero-order valence-corrected chi connectivity index (χ0v) is 21.8. The van der Waals surface area contributed by atoms with Crippen LogP contribution in [0.3, 0.4) is 0 Å². The molecule has 190 valence electrons. The third-order valence-electron chi connectivity index (χ3n) is 6.43. The summed E-state index contributed by atoms with van der Waals surface area (Å²) in [5.74, 6) is 1.95. The number of methoxy groups -OCH3 is 3. The highest BCUT2D eigenvalue weighted by Gasteiger charge is 2.22. The first-order valence-corrected chi connectivity index (χ1v) is 12.6. The fraction of sp³-hybridized carbons (Fsp3) is 0.448. The summed E-state index contributed by atoms with van der Waals surface area (Å²) in [6, 6.07) is 15.3. The smallest absolute Gasteiger partial charge is 0.203 e. The van der Waals surface area contributed by atoms with Crippen molar-refractivity contribution in [2.45, 2.75) is 45.3 Å². The van der Waals surface area contributed by atoms with Gasteiger partial charge in [0.25, 0.3) is 0 Å². The highest BCUT2D eigenvalue weighted by Crippen LogP contribution is 2.40. The van der Waals surface area contributed by atoms with Gasteiger partial charge in [0, 0.05) is 19.1 Å². The van der Waals surface area contributed by atoms with E-state index < -0.39 is 0 Å². The van der Waals surface area contributed by atoms with Gasteiger partial charge in [-0.05, 0) is 67.0 Å². The van der Waals surface area contributed by atoms with Gasteiger partial charge >= 0.3 is 0 Å². The van der Waals surface area contributed by atoms with Crippen molar-refractivity contribution in [3.63, 3.8) is 0 Å². The Morgan fingerprint density at radius 1 is 0.943 bits per heavy atom. The number of dihydropyridines is 1. The second-order valence-electron chi connectivity index (χ2n) is 8.59. The van der Waals surface area contributed by atoms with Crippen molar-refractivity contribution < 1.29 is 14.2 Å². The van der Waals surface area contributed by atoms with Crippen LogP contribution in [0.15, 0.2) is 66.4 Å². The van der Waals surface area contributed by atoms with Gasteiger partial charge < -0.3 is 24.8 Å². The number of nitrogens with zero attached hydrogens (tertiary/aromatic N) is 1. The summed E-state index contributed by atoms with van der Waals surface area (Å²) in [5, 5.41) is 7.17. The Morgan fingerprint density at radius 2 is 1.60 bits per heavy atom. The van der Waals surface area contributed by atoms with Gasteiger partial charge in [0.1, 0.15) is 0 Å². The minimum atomic E-state index is 0.0591. The van der Waals surface area contributed by atoms with Gasteiger partial charge in [-0.2, -0.15) is 0 Å². The molecule has 4 rings (SSSR count). The average molecular weight is 480 g/mol. The second-order valence-corrected chi connectivity index (χ2v) is 8.59. The quantitative estimate of drug-likeness (QED) is 0.523. The molecule has 0 spiro atoms. The highest BCUT2D eigenvalue weighted by molar-refractivity contribution is 5.55. The minimum Gasteiger partial charge on any atom is -0.493 e. The number of hydrogen-bond acceptors (Lipinski definition) is 6. The van der Waals surface area contributed by atoms with Crippen molar-refractivity contribution in [3.8, 4) is 17.2 Å². The fourth-order valence-corrected chi connectivity index (χ4v) is 4.57. The summed E-state index contributed by atoms with van der Waals surface area (Å²) in [4.78, 5) is 2.55. The molecule has 0 amide bonds. The summed E-state index contributed by atoms with van der Waals surface area (Å²) >= 11 is 0. The molecule has 35 heavy (non-hydrogen) atoms. The van der Waals surface area contributed by atoms with E-state index in [1.54, 1.807) is 21.3 Å². The monoisotopic (exact) mass is 479 g/mol. The van der Waals surface area contributed by atoms with Crippen LogP contribution in [0.25, 0.3) is 0 Å². The van der Waals surface area contributed by atoms with Crippen LogP contribution in [-0.2, 0) is 6.54 Å². The third kappa shape index (κ3) is 7.26. The molecule has 1 atom stereocenters. The molecule has 0 saturated carbocycles. The summed E-state index contributed by atoms with van der Waals surface area (Å²) < 4.78 is 16.5. The fourth-order valence-electron chi connectivity index (χ4n) is 4.57. The molecule has 0 radical (unpaired) electrons. The molecule has 2 aromatic rings. The number of hydrogen-bond donors (Lipinski definition) is 2. The molecule has 6 nitrogen and oxygen atoms in total. The van der Waals surface area contributed by atoms with Gasteiger partial charge in [0.2, 0.25) is 5.75 Å². The number of rotatable bonds is 9. The van der Waals surface area contributed by atoms with Gasteiger partial charge in [-0.15, -0.1) is 0 Å². The molecule has 2 aliphatic heterocycles. The lowest BCUT2D eigenvalue weighted by atomic mass is 9.99. The lowest BCUT2D eigenvalue weighted by molar-refractivity contribution is 0.211. The van der Waals surface area contributed by atoms with E-state index >= 15 is 0 Å². The molecular weight excluding hydrogens is 438 g/mol. The number of piperidine rings is 1. The average Bonchev–Trinajstić information content (AvgIpc) is 2.93. The molecule has 1 unspecified atom stereocenters. The standard InChI is InChI=1S/C27H35N3O3.C2H6/c1-31-25-16-22(17-26(32-2)27(25)33-3)24-15-21(9-12-28-24)19-30-13-10-23(11-14-30)29-18-20-7-5-4-6-8-20;1-2/h4-9,12,15-17,23-24,28-29H,10-11,13-14,18-19H2,1-3H3;1-2H3. The van der Waals surface area contributed by atoms with E-state index in [4.69, 9.17) is 14.2 Å². The normalized spacial score (nSPS) is 18.1. The Balaban J connectivity index is 0.00000167. The topological polar surface area (TPSA) is 55.0 Å². The number of benzene rings is 2. The van der Waals surface area contributed by atoms with Crippen LogP contribution in [0, 0.1) is 0 Å². The first kappa shape index (κ1) is 26.6. The Bertz CT molecular complexity index is 941. The maximum atomic E-state index is 5.53. The maximum Gasteiger partial charge on any atom is 0.203 e. The van der Waals surface area contributed by atoms with E-state index in [-0.39, 0.29) is 6.04 Å². The van der Waals surface area contributed by atoms with E-state index in [0.717, 1.165) is 31.7 Å². The number of likely N-dealkylation sites (tertiary alicyclic amines) is 1. The van der Waals surface area contributed by atoms with Crippen molar-refractivity contribution >= 4 is 0 Å². The molecule has 0 aliphatic carbocycles. The molecule has 0 aromatic heterocycles. The zero-order valence-electron chi connectivity index (χ0n) is 21.8. The van der Waals surface area contributed by atoms with Crippen molar-refractivity contribution in [3.05, 3.63) is 77.5 Å². The molecule has 6 heteroatoms. The van der Waals surface area contributed by atoms with Crippen molar-refractivity contribution in [1.29, 1.82) is 0 Å². The van der Waals surface area contributed by atoms with Crippen molar-refractivity contribution in [2.24, 2.45) is 0 Å². The van der Waals surface area contributed by atoms with Gasteiger partial charge in [-0.25, -0.2) is 0 Å². The lowest BCUT2D eigenvalue weighted by Gasteiger charge is -2.33. The first-order chi connectivity index (χ1) is 17.2. The molecule has 1 saturated heterocycles. The van der Waals surface area contributed by atoms with E-state index in [1.807, 2.05) is 32.2 Å². The van der Waals surface area contributed by atoms with E-state index in [0.29, 0.717) is 23.3 Å². The van der Waals surface area contributed by atoms with Crippen LogP contribution in [0.1, 0.15) is 43.9 Å². The van der Waals surface area contributed by atoms with Gasteiger partial charge in [0.05, 0.1) is 27.4 Å². The maximum absolute atomic E-state index is 5.53. The lowest BCUT2D eigenvalue weighted by Crippen LogP contribution is -2.42. The molecule has 2 aliphatic rings. The van der Waals surface area contributed by atoms with Crippen LogP contribution in [0.2, 0.25) is 0 Å². The summed E-state index contributed by atoms with van der Waals surface area (Å²) in [6.45, 7) is 8.13. The van der Waals surface area contributed by atoms with E-state index in [2.05, 4.69) is 58.0 Å². The molecule has 2 heterocycles. The molecule has 2 aromatic carbocycles. The summed E-state index contributed by atoms with van der Waals surface area (Å²) in [5.41, 5.74) is 3.75. The van der Waals surface area contributed by atoms with Crippen LogP contribution >= 0.6 is 0 Å². The number of ether oxygens (including phenoxy) is 3. The minimum absolute atomic E-state index is 0.0591. The number of nitrogens with one attached hydrogen (secondary N) is 2. The largest absolute Gasteiger partial charge is 0.493 e. The van der Waals surface area contributed by atoms with E-state index in [1.165, 1.54) is 24.0 Å². The van der Waals surface area contributed by atoms with Crippen molar-refractivity contribution in [2.75, 3.05) is 41.0 Å². The predicted octanol–water partition coefficient (Wildman–Crippen LogP) is 5.08. The predicted molar refractivity (Wildman–Crippen MR) is 143 cm³/mol. The second kappa shape index (κ2) is 13.8. The van der Waals surface area contributed by atoms with E-state index in [9.17, 15) is 0 Å². The highest BCUT2D eigenvalue weighted by atomic mass is 16.5. The zero-order chi connectivity index (χ0) is 25.0. The molecule has 1 fully saturated rings. The van der Waals surface area contributed by atoms with Crippen LogP contribution < -0.4 is 24.8 Å². The van der Waals surface area contributed by atoms with Gasteiger partial charge in [0.15, 0.2) is 11.5 Å². The van der Waals surface area contributed by atoms with Crippen molar-refractivity contribution in [1.82, 2.24) is 15.5 Å². The third-order valence-corrected chi connectivity index (χ3v) is 6.43. The van der Waals surface area contributed by atoms with Gasteiger partial charge in [-0.1, -0.05) is 50.3 Å². The Kier molecular flexibility index (Phi) is 10.5. The van der Waals surface area contributed by atoms with Crippen LogP contribution in [0.5, 0.6) is 17.2 Å². The molecule has 0 bridgehead atoms. The molecular formula is C29H41N3O3. The Morgan fingerprint density at radius 3 is 2.20 bits per heavy atom. The Labute approximate surface area is 211 Å². The SMILES string of the molecule is CC.COc1cc(C2C=C(CN3CCC(NCc4ccccc4)CC3)C=CN2)cc(OC)c1OC. The summed E-state index contributed by atoms with van der Waals surface area (Å²) in [6.07, 6.45) is 8.86. The Hall–Kier alpha value is -2.96. The first-order valence-electron chi connectivity index (χ1n) is 12.6. The van der Waals surface area contributed by atoms with Gasteiger partial charge in [-0.3, -0.25) is 4.90 Å². The molecule has 2 N–H and O–H groups in total. The van der Waals surface area contributed by atoms with Crippen LogP contribution in [-0.4, -0.2) is 51.9 Å².